The molecule has 20 heavy (non-hydrogen) atoms. The number of nitrogens with one attached hydrogen (secondary N) is 1. The second-order valence-electron chi connectivity index (χ2n) is 4.97. The Labute approximate surface area is 127 Å². The Bertz CT molecular complexity index is 740. The average Bonchev–Trinajstić information content (AvgIpc) is 3.03. The van der Waals surface area contributed by atoms with Gasteiger partial charge in [-0.1, -0.05) is 0 Å². The van der Waals surface area contributed by atoms with Gasteiger partial charge in [0.25, 0.3) is 0 Å². The van der Waals surface area contributed by atoms with Gasteiger partial charge in [-0.15, -0.1) is 0 Å². The van der Waals surface area contributed by atoms with E-state index >= 15 is 0 Å². The molecule has 2 rings (SSSR count). The third kappa shape index (κ3) is 3.94. The lowest BCUT2D eigenvalue weighted by atomic mass is 10.2. The normalized spacial score (nSPS) is 16.1. The van der Waals surface area contributed by atoms with Gasteiger partial charge in [0, 0.05) is 4.47 Å². The summed E-state index contributed by atoms with van der Waals surface area (Å²) in [6, 6.07) is 2.76. The highest BCUT2D eigenvalue weighted by Crippen LogP contribution is 2.33. The van der Waals surface area contributed by atoms with Crippen molar-refractivity contribution in [1.29, 1.82) is 0 Å². The molecule has 1 saturated carbocycles. The van der Waals surface area contributed by atoms with Crippen LogP contribution in [0.25, 0.3) is 0 Å². The summed E-state index contributed by atoms with van der Waals surface area (Å²) < 4.78 is 49.4. The maximum absolute atomic E-state index is 11.9. The molecule has 9 heteroatoms. The zero-order valence-electron chi connectivity index (χ0n) is 10.8. The number of sulfonamides is 2. The first kappa shape index (κ1) is 15.7. The highest BCUT2D eigenvalue weighted by Gasteiger charge is 2.28. The summed E-state index contributed by atoms with van der Waals surface area (Å²) in [6.07, 6.45) is 1.87. The topological polar surface area (TPSA) is 106 Å². The molecule has 6 nitrogen and oxygen atoms in total. The minimum atomic E-state index is -3.83. The molecular weight excluding hydrogens is 368 g/mol. The van der Waals surface area contributed by atoms with Gasteiger partial charge in [-0.3, -0.25) is 4.72 Å². The predicted octanol–water partition coefficient (Wildman–Crippen LogP) is 1.56. The van der Waals surface area contributed by atoms with Crippen LogP contribution in [0, 0.1) is 12.8 Å². The minimum absolute atomic E-state index is 0.0329. The van der Waals surface area contributed by atoms with Crippen LogP contribution in [0.5, 0.6) is 0 Å². The Morgan fingerprint density at radius 1 is 1.30 bits per heavy atom. The van der Waals surface area contributed by atoms with E-state index in [9.17, 15) is 16.8 Å². The van der Waals surface area contributed by atoms with Gasteiger partial charge in [0.1, 0.15) is 0 Å². The molecule has 112 valence electrons. The zero-order chi connectivity index (χ0) is 15.1. The number of hydrogen-bond acceptors (Lipinski definition) is 4. The second-order valence-corrected chi connectivity index (χ2v) is 9.12. The molecule has 1 aromatic carbocycles. The van der Waals surface area contributed by atoms with Crippen molar-refractivity contribution >= 4 is 41.7 Å². The fourth-order valence-corrected chi connectivity index (χ4v) is 4.91. The van der Waals surface area contributed by atoms with Crippen molar-refractivity contribution in [3.8, 4) is 0 Å². The third-order valence-corrected chi connectivity index (χ3v) is 6.14. The van der Waals surface area contributed by atoms with Crippen LogP contribution < -0.4 is 9.86 Å². The van der Waals surface area contributed by atoms with Crippen LogP contribution in [-0.4, -0.2) is 22.6 Å². The van der Waals surface area contributed by atoms with E-state index in [0.717, 1.165) is 12.8 Å². The number of hydrogen-bond donors (Lipinski definition) is 2. The van der Waals surface area contributed by atoms with Gasteiger partial charge in [0.05, 0.1) is 16.3 Å². The summed E-state index contributed by atoms with van der Waals surface area (Å²) in [5.74, 6) is 0.325. The van der Waals surface area contributed by atoms with Crippen LogP contribution in [-0.2, 0) is 20.0 Å². The molecule has 1 aliphatic carbocycles. The maximum atomic E-state index is 11.9. The van der Waals surface area contributed by atoms with Crippen LogP contribution in [0.15, 0.2) is 21.5 Å². The molecule has 3 N–H and O–H groups in total. The molecule has 1 aromatic rings. The Morgan fingerprint density at radius 2 is 1.90 bits per heavy atom. The number of benzene rings is 1. The molecule has 0 unspecified atom stereocenters. The van der Waals surface area contributed by atoms with Gasteiger partial charge in [0.15, 0.2) is 0 Å². The Kier molecular flexibility index (Phi) is 4.16. The second kappa shape index (κ2) is 5.28. The van der Waals surface area contributed by atoms with Gasteiger partial charge in [-0.25, -0.2) is 22.0 Å². The molecular formula is C11H15BrN2O4S2. The van der Waals surface area contributed by atoms with E-state index in [-0.39, 0.29) is 16.6 Å². The van der Waals surface area contributed by atoms with Crippen molar-refractivity contribution in [3.63, 3.8) is 0 Å². The molecule has 0 bridgehead atoms. The van der Waals surface area contributed by atoms with Crippen LogP contribution in [0.2, 0.25) is 0 Å². The monoisotopic (exact) mass is 382 g/mol. The van der Waals surface area contributed by atoms with Gasteiger partial charge in [0.2, 0.25) is 20.0 Å². The van der Waals surface area contributed by atoms with Crippen LogP contribution >= 0.6 is 15.9 Å². The fraction of sp³-hybridized carbons (Fsp3) is 0.455. The smallest absolute Gasteiger partial charge is 0.238 e. The lowest BCUT2D eigenvalue weighted by molar-refractivity contribution is 0.596. The fourth-order valence-electron chi connectivity index (χ4n) is 1.85. The lowest BCUT2D eigenvalue weighted by Crippen LogP contribution is -2.19. The number of aryl methyl sites for hydroxylation is 1. The van der Waals surface area contributed by atoms with Crippen molar-refractivity contribution < 1.29 is 16.8 Å². The highest BCUT2D eigenvalue weighted by atomic mass is 79.9. The molecule has 0 heterocycles. The van der Waals surface area contributed by atoms with E-state index in [0.29, 0.717) is 15.7 Å². The van der Waals surface area contributed by atoms with Gasteiger partial charge >= 0.3 is 0 Å². The molecule has 0 saturated heterocycles. The summed E-state index contributed by atoms with van der Waals surface area (Å²) in [6.45, 7) is 1.56. The molecule has 0 amide bonds. The zero-order valence-corrected chi connectivity index (χ0v) is 14.0. The number of halogens is 1. The van der Waals surface area contributed by atoms with E-state index in [1.165, 1.54) is 12.1 Å². The molecule has 1 aliphatic rings. The highest BCUT2D eigenvalue weighted by molar-refractivity contribution is 9.10. The first-order valence-electron chi connectivity index (χ1n) is 5.92. The number of anilines is 1. The SMILES string of the molecule is Cc1cc(NS(=O)(=O)CC2CC2)c(Br)cc1S(N)(=O)=O. The molecule has 0 aromatic heterocycles. The van der Waals surface area contributed by atoms with E-state index in [1.54, 1.807) is 6.92 Å². The Morgan fingerprint density at radius 3 is 2.40 bits per heavy atom. The Balaban J connectivity index is 2.32. The lowest BCUT2D eigenvalue weighted by Gasteiger charge is -2.12. The molecule has 1 fully saturated rings. The molecule has 0 spiro atoms. The van der Waals surface area contributed by atoms with Crippen molar-refractivity contribution in [1.82, 2.24) is 0 Å². The Hall–Kier alpha value is -0.640. The molecule has 0 atom stereocenters. The summed E-state index contributed by atoms with van der Waals surface area (Å²) in [7, 11) is -7.25. The molecule has 0 aliphatic heterocycles. The van der Waals surface area contributed by atoms with Crippen LogP contribution in [0.4, 0.5) is 5.69 Å². The minimum Gasteiger partial charge on any atom is -0.282 e. The van der Waals surface area contributed by atoms with Crippen LogP contribution in [0.1, 0.15) is 18.4 Å². The predicted molar refractivity (Wildman–Crippen MR) is 80.4 cm³/mol. The van der Waals surface area contributed by atoms with Gasteiger partial charge in [-0.05, 0) is 59.3 Å². The van der Waals surface area contributed by atoms with Crippen molar-refractivity contribution in [2.24, 2.45) is 11.1 Å². The van der Waals surface area contributed by atoms with Gasteiger partial charge < -0.3 is 0 Å². The van der Waals surface area contributed by atoms with E-state index in [4.69, 9.17) is 5.14 Å². The van der Waals surface area contributed by atoms with Crippen molar-refractivity contribution in [2.45, 2.75) is 24.7 Å². The van der Waals surface area contributed by atoms with E-state index in [1.807, 2.05) is 0 Å². The number of rotatable bonds is 5. The summed E-state index contributed by atoms with van der Waals surface area (Å²) in [5.41, 5.74) is 0.704. The summed E-state index contributed by atoms with van der Waals surface area (Å²) in [5, 5.41) is 5.09. The average molecular weight is 383 g/mol. The van der Waals surface area contributed by atoms with Crippen LogP contribution in [0.3, 0.4) is 0 Å². The van der Waals surface area contributed by atoms with Gasteiger partial charge in [-0.2, -0.15) is 0 Å². The summed E-state index contributed by atoms with van der Waals surface area (Å²) >= 11 is 3.16. The largest absolute Gasteiger partial charge is 0.282 e. The first-order chi connectivity index (χ1) is 9.08. The number of primary sulfonamides is 1. The van der Waals surface area contributed by atoms with E-state index < -0.39 is 20.0 Å². The van der Waals surface area contributed by atoms with Crippen molar-refractivity contribution in [2.75, 3.05) is 10.5 Å². The maximum Gasteiger partial charge on any atom is 0.238 e. The van der Waals surface area contributed by atoms with Crippen molar-refractivity contribution in [3.05, 3.63) is 22.2 Å². The summed E-state index contributed by atoms with van der Waals surface area (Å²) in [4.78, 5) is -0.0329. The quantitative estimate of drug-likeness (QED) is 0.805. The number of nitrogens with two attached hydrogens (primary N) is 1. The molecule has 0 radical (unpaired) electrons. The van der Waals surface area contributed by atoms with E-state index in [2.05, 4.69) is 20.7 Å². The first-order valence-corrected chi connectivity index (χ1v) is 9.91. The standard InChI is InChI=1S/C11H15BrN2O4S2/c1-7-4-10(9(12)5-11(7)20(13,17)18)14-19(15,16)6-8-2-3-8/h4-5,8,14H,2-3,6H2,1H3,(H2,13,17,18). The third-order valence-electron chi connectivity index (χ3n) is 2.99.